The monoisotopic (exact) mass is 433 g/mol. The van der Waals surface area contributed by atoms with E-state index in [0.717, 1.165) is 52.2 Å². The van der Waals surface area contributed by atoms with Gasteiger partial charge in [0.05, 0.1) is 17.1 Å². The number of nitrogens with zero attached hydrogens (tertiary/aromatic N) is 3. The van der Waals surface area contributed by atoms with Crippen molar-refractivity contribution in [1.82, 2.24) is 0 Å². The van der Waals surface area contributed by atoms with Crippen molar-refractivity contribution in [1.29, 1.82) is 0 Å². The maximum absolute atomic E-state index is 11.6. The highest BCUT2D eigenvalue weighted by molar-refractivity contribution is 7.80. The van der Waals surface area contributed by atoms with E-state index in [9.17, 15) is 14.4 Å². The first-order valence-corrected chi connectivity index (χ1v) is 11.0. The van der Waals surface area contributed by atoms with Crippen molar-refractivity contribution in [2.45, 2.75) is 0 Å². The minimum absolute atomic E-state index is 0.774. The summed E-state index contributed by atoms with van der Waals surface area (Å²) in [4.78, 5) is 39.5. The third kappa shape index (κ3) is 4.49. The third-order valence-corrected chi connectivity index (χ3v) is 7.56. The van der Waals surface area contributed by atoms with Gasteiger partial charge >= 0.3 is 0 Å². The molecule has 0 radical (unpaired) electrons. The second-order valence-electron chi connectivity index (χ2n) is 6.95. The molecule has 3 amide bonds. The Morgan fingerprint density at radius 1 is 0.516 bits per heavy atom. The van der Waals surface area contributed by atoms with Gasteiger partial charge in [0.1, 0.15) is 0 Å². The molecule has 0 aliphatic rings. The topological polar surface area (TPSA) is 60.9 Å². The minimum atomic E-state index is -1.22. The zero-order chi connectivity index (χ0) is 22.4. The molecule has 0 heterocycles. The van der Waals surface area contributed by atoms with Crippen molar-refractivity contribution < 1.29 is 14.4 Å². The van der Waals surface area contributed by atoms with Gasteiger partial charge in [-0.15, -0.1) is 0 Å². The predicted molar refractivity (Wildman–Crippen MR) is 129 cm³/mol. The van der Waals surface area contributed by atoms with Crippen molar-refractivity contribution in [2.75, 3.05) is 35.8 Å². The molecule has 3 rings (SSSR count). The molecule has 0 saturated heterocycles. The Morgan fingerprint density at radius 2 is 0.774 bits per heavy atom. The van der Waals surface area contributed by atoms with Crippen LogP contribution in [0.5, 0.6) is 0 Å². The van der Waals surface area contributed by atoms with Crippen LogP contribution >= 0.6 is 7.92 Å². The molecule has 0 saturated carbocycles. The van der Waals surface area contributed by atoms with E-state index in [0.29, 0.717) is 0 Å². The number of benzene rings is 3. The zero-order valence-electron chi connectivity index (χ0n) is 17.7. The highest BCUT2D eigenvalue weighted by atomic mass is 31.1. The molecule has 0 N–H and O–H groups in total. The fourth-order valence-corrected chi connectivity index (χ4v) is 6.28. The maximum atomic E-state index is 11.6. The number of rotatable bonds is 9. The molecular formula is C24H24N3O3P. The van der Waals surface area contributed by atoms with Gasteiger partial charge in [0.2, 0.25) is 19.2 Å². The summed E-state index contributed by atoms with van der Waals surface area (Å²) in [6.07, 6.45) is 2.33. The van der Waals surface area contributed by atoms with E-state index < -0.39 is 7.92 Å². The van der Waals surface area contributed by atoms with Gasteiger partial charge < -0.3 is 14.7 Å². The van der Waals surface area contributed by atoms with Crippen LogP contribution in [0.4, 0.5) is 17.1 Å². The van der Waals surface area contributed by atoms with Crippen molar-refractivity contribution in [2.24, 2.45) is 0 Å². The molecule has 3 aromatic carbocycles. The number of anilines is 3. The Labute approximate surface area is 183 Å². The third-order valence-electron chi connectivity index (χ3n) is 4.98. The summed E-state index contributed by atoms with van der Waals surface area (Å²) in [5.74, 6) is 0. The lowest BCUT2D eigenvalue weighted by atomic mass is 10.3. The molecule has 6 nitrogen and oxygen atoms in total. The molecule has 158 valence electrons. The lowest BCUT2D eigenvalue weighted by Crippen LogP contribution is -2.32. The lowest BCUT2D eigenvalue weighted by Gasteiger charge is -2.30. The van der Waals surface area contributed by atoms with Gasteiger partial charge in [-0.3, -0.25) is 14.4 Å². The van der Waals surface area contributed by atoms with E-state index >= 15 is 0 Å². The van der Waals surface area contributed by atoms with Crippen LogP contribution in [0.15, 0.2) is 72.8 Å². The van der Waals surface area contributed by atoms with Crippen molar-refractivity contribution in [3.05, 3.63) is 72.8 Å². The quantitative estimate of drug-likeness (QED) is 0.384. The second kappa shape index (κ2) is 10.0. The van der Waals surface area contributed by atoms with Gasteiger partial charge in [0, 0.05) is 37.1 Å². The van der Waals surface area contributed by atoms with Crippen LogP contribution in [-0.4, -0.2) is 40.4 Å². The van der Waals surface area contributed by atoms with Gasteiger partial charge in [0.15, 0.2) is 0 Å². The molecule has 7 heteroatoms. The number of para-hydroxylation sites is 3. The fourth-order valence-electron chi connectivity index (χ4n) is 3.41. The van der Waals surface area contributed by atoms with E-state index in [1.54, 1.807) is 35.8 Å². The molecule has 0 aliphatic heterocycles. The molecule has 31 heavy (non-hydrogen) atoms. The SMILES string of the molecule is CN(C=O)c1ccccc1P(c1ccccc1N(C)C=O)c1ccccc1N(C)C=O. The van der Waals surface area contributed by atoms with Crippen molar-refractivity contribution in [3.8, 4) is 0 Å². The highest BCUT2D eigenvalue weighted by Crippen LogP contribution is 2.41. The standard InChI is InChI=1S/C24H24N3O3P/c1-25(16-28)19-10-4-7-13-22(19)31(23-14-8-5-11-20(23)26(2)17-29)24-15-9-6-12-21(24)27(3)18-30/h4-18H,1-3H3. The van der Waals surface area contributed by atoms with Crippen LogP contribution < -0.4 is 30.6 Å². The van der Waals surface area contributed by atoms with E-state index in [1.807, 2.05) is 72.8 Å². The fraction of sp³-hybridized carbons (Fsp3) is 0.125. The smallest absolute Gasteiger partial charge is 0.213 e. The summed E-state index contributed by atoms with van der Waals surface area (Å²) in [5, 5.41) is 2.85. The lowest BCUT2D eigenvalue weighted by molar-refractivity contribution is -0.107. The minimum Gasteiger partial charge on any atom is -0.317 e. The van der Waals surface area contributed by atoms with Crippen LogP contribution in [0.2, 0.25) is 0 Å². The molecule has 0 spiro atoms. The van der Waals surface area contributed by atoms with E-state index in [1.165, 1.54) is 0 Å². The number of carbonyl (C=O) groups is 3. The average Bonchev–Trinajstić information content (AvgIpc) is 2.83. The van der Waals surface area contributed by atoms with Gasteiger partial charge in [-0.05, 0) is 26.1 Å². The van der Waals surface area contributed by atoms with Crippen LogP contribution in [-0.2, 0) is 14.4 Å². The van der Waals surface area contributed by atoms with Crippen molar-refractivity contribution >= 4 is 60.1 Å². The average molecular weight is 433 g/mol. The first-order valence-electron chi connectivity index (χ1n) is 9.65. The Morgan fingerprint density at radius 3 is 1.03 bits per heavy atom. The second-order valence-corrected chi connectivity index (χ2v) is 9.07. The normalized spacial score (nSPS) is 10.5. The molecular weight excluding hydrogens is 409 g/mol. The molecule has 0 aromatic heterocycles. The van der Waals surface area contributed by atoms with Gasteiger partial charge in [-0.1, -0.05) is 54.6 Å². The van der Waals surface area contributed by atoms with Crippen LogP contribution in [0, 0.1) is 0 Å². The summed E-state index contributed by atoms with van der Waals surface area (Å²) in [5.41, 5.74) is 2.32. The molecule has 0 aliphatic carbocycles. The number of carbonyl (C=O) groups excluding carboxylic acids is 3. The summed E-state index contributed by atoms with van der Waals surface area (Å²) in [6, 6.07) is 23.2. The van der Waals surface area contributed by atoms with Crippen LogP contribution in [0.1, 0.15) is 0 Å². The van der Waals surface area contributed by atoms with Gasteiger partial charge in [-0.2, -0.15) is 0 Å². The number of hydrogen-bond donors (Lipinski definition) is 0. The number of amides is 3. The van der Waals surface area contributed by atoms with E-state index in [2.05, 4.69) is 0 Å². The van der Waals surface area contributed by atoms with E-state index in [-0.39, 0.29) is 0 Å². The van der Waals surface area contributed by atoms with Crippen LogP contribution in [0.25, 0.3) is 0 Å². The summed E-state index contributed by atoms with van der Waals surface area (Å²) in [7, 11) is 3.92. The summed E-state index contributed by atoms with van der Waals surface area (Å²) in [6.45, 7) is 0. The van der Waals surface area contributed by atoms with Crippen LogP contribution in [0.3, 0.4) is 0 Å². The Hall–Kier alpha value is -3.50. The summed E-state index contributed by atoms with van der Waals surface area (Å²) >= 11 is 0. The molecule has 0 bridgehead atoms. The molecule has 0 unspecified atom stereocenters. The van der Waals surface area contributed by atoms with E-state index in [4.69, 9.17) is 0 Å². The predicted octanol–water partition coefficient (Wildman–Crippen LogP) is 2.22. The zero-order valence-corrected chi connectivity index (χ0v) is 18.6. The molecule has 0 fully saturated rings. The Kier molecular flexibility index (Phi) is 7.16. The number of hydrogen-bond acceptors (Lipinski definition) is 3. The summed E-state index contributed by atoms with van der Waals surface area (Å²) < 4.78 is 0. The first-order chi connectivity index (χ1) is 15.0. The Balaban J connectivity index is 2.38. The highest BCUT2D eigenvalue weighted by Gasteiger charge is 2.27. The van der Waals surface area contributed by atoms with Gasteiger partial charge in [-0.25, -0.2) is 0 Å². The largest absolute Gasteiger partial charge is 0.317 e. The first kappa shape index (κ1) is 22.2. The molecule has 3 aromatic rings. The Bertz CT molecular complexity index is 952. The van der Waals surface area contributed by atoms with Gasteiger partial charge in [0.25, 0.3) is 0 Å². The molecule has 0 atom stereocenters. The maximum Gasteiger partial charge on any atom is 0.213 e. The van der Waals surface area contributed by atoms with Crippen molar-refractivity contribution in [3.63, 3.8) is 0 Å².